The van der Waals surface area contributed by atoms with Crippen LogP contribution in [0.25, 0.3) is 0 Å². The number of aromatic carboxylic acids is 7. The summed E-state index contributed by atoms with van der Waals surface area (Å²) in [7, 11) is 6.17. The van der Waals surface area contributed by atoms with E-state index in [1.165, 1.54) is 80.2 Å². The Kier molecular flexibility index (Phi) is 36.8. The zero-order valence-electron chi connectivity index (χ0n) is 62.3. The number of anilines is 1. The molecule has 0 unspecified atom stereocenters. The number of nitro groups is 8. The van der Waals surface area contributed by atoms with Gasteiger partial charge in [0.15, 0.2) is 5.56 Å². The van der Waals surface area contributed by atoms with Crippen LogP contribution in [0.1, 0.15) is 132 Å². The summed E-state index contributed by atoms with van der Waals surface area (Å²) in [6, 6.07) is 21.1. The summed E-state index contributed by atoms with van der Waals surface area (Å²) in [5.74, 6) is -11.0. The number of aromatic hydroxyl groups is 2. The monoisotopic (exact) mass is 1640 g/mol. The minimum atomic E-state index is -1.56. The van der Waals surface area contributed by atoms with Crippen molar-refractivity contribution in [3.05, 3.63) is 279 Å². The van der Waals surface area contributed by atoms with Gasteiger partial charge in [0.2, 0.25) is 0 Å². The number of phenolic OH excluding ortho intramolecular Hbond substituents is 2. The fraction of sp³-hybridized carbons (Fsp3) is 0.174. The second-order valence-corrected chi connectivity index (χ2v) is 22.4. The lowest BCUT2D eigenvalue weighted by molar-refractivity contribution is -0.395. The Morgan fingerprint density at radius 2 is 0.513 bits per heavy atom. The second kappa shape index (κ2) is 44.0. The summed E-state index contributed by atoms with van der Waals surface area (Å²) in [5, 5.41) is 164. The number of nitro benzene ring substituents is 8. The SMILES string of the molecule is COC(=O)c1cc(O)c(C)c([N+](=O)[O-])c1.COC(=O)c1cc(OC)c(C)c([N+](=O)[O-])c1.COc1cc(C(=O)O)cc([N+](=O)[O-])c1C.COc1cc(C(=O)O)cc([N+](=O)[O-])c1C(=O)O.Cc1c(N)cc(C(=O)O)cc1[N+](=O)[O-].Cc1c(O)cc(C(=O)O)cc1[N+](=O)[O-].Cc1c([N+](=O)[O-])cc(C(=O)O)cc1[N+](=O)[O-].Cc1ccc(C(=O)O)cc1. The average molecular weight is 1640 g/mol. The quantitative estimate of drug-likeness (QED) is 0.0147. The van der Waals surface area contributed by atoms with Crippen molar-refractivity contribution in [2.75, 3.05) is 41.3 Å². The minimum Gasteiger partial charge on any atom is -0.507 e. The predicted octanol–water partition coefficient (Wildman–Crippen LogP) is 11.4. The highest BCUT2D eigenvalue weighted by Crippen LogP contribution is 2.35. The van der Waals surface area contributed by atoms with Gasteiger partial charge in [0.1, 0.15) is 34.3 Å². The number of hydrogen-bond donors (Lipinski definition) is 10. The molecule has 117 heavy (non-hydrogen) atoms. The number of carbonyl (C=O) groups excluding carboxylic acids is 2. The topological polar surface area (TPSA) is 753 Å². The molecule has 48 nitrogen and oxygen atoms in total. The number of nitrogens with two attached hydrogens (primary N) is 1. The molecule has 0 aliphatic carbocycles. The van der Waals surface area contributed by atoms with E-state index in [0.29, 0.717) is 22.8 Å². The van der Waals surface area contributed by atoms with Crippen LogP contribution in [0.15, 0.2) is 109 Å². The number of carbonyl (C=O) groups is 9. The van der Waals surface area contributed by atoms with Crippen molar-refractivity contribution in [3.8, 4) is 28.7 Å². The van der Waals surface area contributed by atoms with Crippen LogP contribution in [0.3, 0.4) is 0 Å². The number of benzene rings is 8. The Labute approximate surface area is 652 Å². The molecule has 11 N–H and O–H groups in total. The van der Waals surface area contributed by atoms with Crippen LogP contribution in [0.4, 0.5) is 51.2 Å². The number of nitrogens with zero attached hydrogens (tertiary/aromatic N) is 8. The number of aryl methyl sites for hydroxylation is 1. The lowest BCUT2D eigenvalue weighted by Gasteiger charge is -2.07. The first-order valence-electron chi connectivity index (χ1n) is 31.1. The third-order valence-corrected chi connectivity index (χ3v) is 15.0. The van der Waals surface area contributed by atoms with Gasteiger partial charge in [-0.05, 0) is 97.0 Å². The molecular weight excluding hydrogens is 1580 g/mol. The Bertz CT molecular complexity index is 5180. The van der Waals surface area contributed by atoms with Gasteiger partial charge in [0.25, 0.3) is 45.5 Å². The van der Waals surface area contributed by atoms with Gasteiger partial charge in [-0.15, -0.1) is 0 Å². The van der Waals surface area contributed by atoms with Gasteiger partial charge in [-0.25, -0.2) is 43.2 Å². The smallest absolute Gasteiger partial charge is 0.346 e. The molecule has 0 saturated heterocycles. The molecule has 0 atom stereocenters. The van der Waals surface area contributed by atoms with Gasteiger partial charge in [-0.1, -0.05) is 17.7 Å². The number of carboxylic acids is 7. The molecule has 0 heterocycles. The van der Waals surface area contributed by atoms with Crippen molar-refractivity contribution in [2.24, 2.45) is 0 Å². The average Bonchev–Trinajstić information content (AvgIpc) is 0.796. The highest BCUT2D eigenvalue weighted by atomic mass is 16.7. The van der Waals surface area contributed by atoms with E-state index in [4.69, 9.17) is 51.0 Å². The molecule has 0 saturated carbocycles. The number of phenols is 2. The van der Waals surface area contributed by atoms with E-state index in [0.717, 1.165) is 74.4 Å². The summed E-state index contributed by atoms with van der Waals surface area (Å²) < 4.78 is 23.3. The van der Waals surface area contributed by atoms with Crippen molar-refractivity contribution in [1.29, 1.82) is 0 Å². The van der Waals surface area contributed by atoms with E-state index in [1.54, 1.807) is 31.2 Å². The molecule has 620 valence electrons. The highest BCUT2D eigenvalue weighted by molar-refractivity contribution is 5.99. The number of esters is 2. The number of carboxylic acid groups (broad SMARTS) is 7. The summed E-state index contributed by atoms with van der Waals surface area (Å²) in [5.41, 5.74) is 2.35. The Hall–Kier alpha value is -17.0. The van der Waals surface area contributed by atoms with Crippen LogP contribution >= 0.6 is 0 Å². The third kappa shape index (κ3) is 27.8. The van der Waals surface area contributed by atoms with Crippen LogP contribution in [0, 0.1) is 129 Å². The van der Waals surface area contributed by atoms with Crippen molar-refractivity contribution >= 4 is 105 Å². The summed E-state index contributed by atoms with van der Waals surface area (Å²) >= 11 is 0. The molecule has 8 aromatic rings. The molecule has 48 heteroatoms. The van der Waals surface area contributed by atoms with E-state index in [9.17, 15) is 134 Å². The molecule has 0 aliphatic heterocycles. The molecule has 8 aromatic carbocycles. The molecule has 0 aromatic heterocycles. The molecule has 0 bridgehead atoms. The Balaban J connectivity index is 0.000000671. The zero-order chi connectivity index (χ0) is 90.4. The van der Waals surface area contributed by atoms with Crippen LogP contribution in [0.5, 0.6) is 28.7 Å². The number of rotatable bonds is 20. The van der Waals surface area contributed by atoms with E-state index in [1.807, 2.05) is 6.92 Å². The fourth-order valence-electron chi connectivity index (χ4n) is 8.78. The molecule has 0 fully saturated rings. The van der Waals surface area contributed by atoms with Crippen LogP contribution in [0.2, 0.25) is 0 Å². The predicted molar refractivity (Wildman–Crippen MR) is 397 cm³/mol. The Morgan fingerprint density at radius 1 is 0.282 bits per heavy atom. The van der Waals surface area contributed by atoms with Crippen LogP contribution < -0.4 is 19.9 Å². The maximum Gasteiger partial charge on any atom is 0.346 e. The highest BCUT2D eigenvalue weighted by Gasteiger charge is 2.30. The van der Waals surface area contributed by atoms with Gasteiger partial charge in [0.05, 0.1) is 142 Å². The van der Waals surface area contributed by atoms with E-state index in [2.05, 4.69) is 14.2 Å². The van der Waals surface area contributed by atoms with Crippen molar-refractivity contribution in [3.63, 3.8) is 0 Å². The normalized spacial score (nSPS) is 9.71. The van der Waals surface area contributed by atoms with E-state index < -0.39 is 138 Å². The minimum absolute atomic E-state index is 0.0488. The fourth-order valence-corrected chi connectivity index (χ4v) is 8.78. The molecule has 0 aliphatic rings. The van der Waals surface area contributed by atoms with Crippen LogP contribution in [-0.2, 0) is 9.47 Å². The van der Waals surface area contributed by atoms with Gasteiger partial charge in [-0.2, -0.15) is 0 Å². The molecule has 0 spiro atoms. The molecular formula is C69H65N9O39. The first-order valence-corrected chi connectivity index (χ1v) is 31.1. The lowest BCUT2D eigenvalue weighted by Crippen LogP contribution is -2.08. The lowest BCUT2D eigenvalue weighted by atomic mass is 10.1. The van der Waals surface area contributed by atoms with Gasteiger partial charge in [-0.3, -0.25) is 80.9 Å². The first-order chi connectivity index (χ1) is 54.2. The zero-order valence-corrected chi connectivity index (χ0v) is 62.3. The summed E-state index contributed by atoms with van der Waals surface area (Å²) in [6.07, 6.45) is 0. The maximum absolute atomic E-state index is 11.3. The van der Waals surface area contributed by atoms with Crippen LogP contribution in [-0.4, -0.2) is 175 Å². The van der Waals surface area contributed by atoms with Gasteiger partial charge >= 0.3 is 53.7 Å². The Morgan fingerprint density at radius 3 is 0.803 bits per heavy atom. The molecule has 0 radical (unpaired) electrons. The van der Waals surface area contributed by atoms with E-state index >= 15 is 0 Å². The summed E-state index contributed by atoms with van der Waals surface area (Å²) in [6.45, 7) is 10.4. The second-order valence-electron chi connectivity index (χ2n) is 22.4. The van der Waals surface area contributed by atoms with E-state index in [-0.39, 0.29) is 102 Å². The van der Waals surface area contributed by atoms with Crippen molar-refractivity contribution in [2.45, 2.75) is 48.5 Å². The van der Waals surface area contributed by atoms with Gasteiger partial charge < -0.3 is 75.4 Å². The number of ether oxygens (including phenoxy) is 5. The maximum atomic E-state index is 11.3. The standard InChI is InChI=1S/C10H11NO5.C9H7NO7.2C9H9NO5.C8H6N2O6.C8H8N2O4.C8H7NO5.C8H8O2/c1-6-8(11(13)14)4-7(10(12)16-3)5-9(6)15-2;1-17-6-3-4(8(11)12)2-5(10(15)16)7(6)9(13)14;1-5-7(10(13)14)3-6(9(11)12)4-8(5)15-2;1-5-7(10(13)14)3-6(4-8(5)11)9(12)15-2;1-4-6(9(13)14)2-5(8(11)12)3-7(4)10(15)16;1-4-6(9)2-5(8(11)12)3-7(4)10(13)14;1-4-6(9(13)14)2-5(8(11)12)3-7(4)10;1-6-2-4-7(5-3-6)8(9)10/h4-5H,1-3H3;2-3H,1H3,(H,11,12)(H,13,14);3-4H,1-2H3,(H,11,12);3-4,11H,1-2H3;2-3H,1H3,(H,11,12);2-3H,9H2,1H3,(H,11,12);2-3,10H,1H3,(H,11,12);2-5H,1H3,(H,9,10). The van der Waals surface area contributed by atoms with Crippen molar-refractivity contribution in [1.82, 2.24) is 0 Å². The van der Waals surface area contributed by atoms with Crippen molar-refractivity contribution < 1.29 is 152 Å². The first kappa shape index (κ1) is 98.0. The number of methoxy groups -OCH3 is 5. The summed E-state index contributed by atoms with van der Waals surface area (Å²) in [4.78, 5) is 175. The molecule has 0 amide bonds. The third-order valence-electron chi connectivity index (χ3n) is 15.0. The molecule has 8 rings (SSSR count). The largest absolute Gasteiger partial charge is 0.507 e. The number of nitrogen functional groups attached to an aromatic ring is 1. The van der Waals surface area contributed by atoms with Gasteiger partial charge in [0, 0.05) is 59.8 Å². The number of hydrogen-bond acceptors (Lipinski definition) is 33.